The second-order valence-electron chi connectivity index (χ2n) is 7.72. The van der Waals surface area contributed by atoms with Crippen LogP contribution in [0.3, 0.4) is 0 Å². The molecule has 2 aliphatic heterocycles. The van der Waals surface area contributed by atoms with Crippen molar-refractivity contribution in [2.45, 2.75) is 50.8 Å². The van der Waals surface area contributed by atoms with Gasteiger partial charge in [0.2, 0.25) is 5.88 Å². The third-order valence-electron chi connectivity index (χ3n) is 5.77. The number of aryl methyl sites for hydroxylation is 1. The standard InChI is InChI=1S/C21H23N5O2/c1-12-18(11-22-24-12)13-2-5-17(20(27)8-13)19-6-7-21(26-25-19)28-16-9-14-3-4-15(10-16)23-14/h2,5-8,11,14-16,23,27H,3-4,9-10H2,1H3,(H,22,24)/t14-,15?,16-/m1/s1. The highest BCUT2D eigenvalue weighted by molar-refractivity contribution is 5.74. The van der Waals surface area contributed by atoms with Crippen molar-refractivity contribution >= 4 is 0 Å². The smallest absolute Gasteiger partial charge is 0.233 e. The molecule has 3 atom stereocenters. The minimum atomic E-state index is 0.163. The van der Waals surface area contributed by atoms with Crippen LogP contribution in [0.5, 0.6) is 11.6 Å². The summed E-state index contributed by atoms with van der Waals surface area (Å²) in [5.41, 5.74) is 4.02. The topological polar surface area (TPSA) is 96.0 Å². The van der Waals surface area contributed by atoms with Crippen molar-refractivity contribution < 1.29 is 9.84 Å². The van der Waals surface area contributed by atoms with Crippen molar-refractivity contribution in [1.29, 1.82) is 0 Å². The SMILES string of the molecule is Cc1n[nH]cc1-c1ccc(-c2ccc(O[C@H]3CC4CC[C@H](C3)N4)nn2)c(O)c1. The quantitative estimate of drug-likeness (QED) is 0.646. The van der Waals surface area contributed by atoms with Crippen LogP contribution in [0.4, 0.5) is 0 Å². The Labute approximate surface area is 163 Å². The van der Waals surface area contributed by atoms with E-state index in [0.29, 0.717) is 29.2 Å². The van der Waals surface area contributed by atoms with E-state index in [1.165, 1.54) is 12.8 Å². The van der Waals surface area contributed by atoms with Gasteiger partial charge in [-0.3, -0.25) is 5.10 Å². The maximum Gasteiger partial charge on any atom is 0.233 e. The molecule has 7 nitrogen and oxygen atoms in total. The number of aromatic nitrogens is 4. The summed E-state index contributed by atoms with van der Waals surface area (Å²) in [7, 11) is 0. The van der Waals surface area contributed by atoms with E-state index in [0.717, 1.165) is 29.7 Å². The number of ether oxygens (including phenoxy) is 1. The average Bonchev–Trinajstić information content (AvgIpc) is 3.27. The second kappa shape index (κ2) is 6.91. The van der Waals surface area contributed by atoms with Gasteiger partial charge in [0.15, 0.2) is 0 Å². The van der Waals surface area contributed by atoms with Gasteiger partial charge in [-0.1, -0.05) is 6.07 Å². The third kappa shape index (κ3) is 3.22. The molecule has 0 aliphatic carbocycles. The lowest BCUT2D eigenvalue weighted by molar-refractivity contribution is 0.130. The summed E-state index contributed by atoms with van der Waals surface area (Å²) >= 11 is 0. The van der Waals surface area contributed by atoms with Crippen LogP contribution < -0.4 is 10.1 Å². The number of piperidine rings is 1. The summed E-state index contributed by atoms with van der Waals surface area (Å²) in [5, 5.41) is 29.6. The first kappa shape index (κ1) is 17.2. The summed E-state index contributed by atoms with van der Waals surface area (Å²) in [4.78, 5) is 0. The van der Waals surface area contributed by atoms with Crippen LogP contribution in [0.1, 0.15) is 31.4 Å². The molecule has 2 saturated heterocycles. The monoisotopic (exact) mass is 377 g/mol. The minimum Gasteiger partial charge on any atom is -0.507 e. The maximum atomic E-state index is 10.5. The van der Waals surface area contributed by atoms with Gasteiger partial charge in [-0.25, -0.2) is 0 Å². The van der Waals surface area contributed by atoms with Crippen molar-refractivity contribution in [1.82, 2.24) is 25.7 Å². The molecule has 2 aromatic heterocycles. The number of rotatable bonds is 4. The molecule has 0 radical (unpaired) electrons. The van der Waals surface area contributed by atoms with Crippen LogP contribution in [0, 0.1) is 6.92 Å². The number of nitrogens with one attached hydrogen (secondary N) is 2. The summed E-state index contributed by atoms with van der Waals surface area (Å²) in [6, 6.07) is 10.4. The van der Waals surface area contributed by atoms with Crippen LogP contribution in [-0.2, 0) is 0 Å². The molecule has 0 amide bonds. The molecule has 2 fully saturated rings. The fraction of sp³-hybridized carbons (Fsp3) is 0.381. The Morgan fingerprint density at radius 2 is 1.86 bits per heavy atom. The van der Waals surface area contributed by atoms with Gasteiger partial charge in [-0.2, -0.15) is 5.10 Å². The third-order valence-corrected chi connectivity index (χ3v) is 5.77. The highest BCUT2D eigenvalue weighted by atomic mass is 16.5. The number of H-pyrrole nitrogens is 1. The Balaban J connectivity index is 1.32. The molecule has 0 spiro atoms. The normalized spacial score (nSPS) is 23.7. The Kier molecular flexibility index (Phi) is 4.24. The van der Waals surface area contributed by atoms with E-state index in [9.17, 15) is 5.11 Å². The van der Waals surface area contributed by atoms with Gasteiger partial charge < -0.3 is 15.2 Å². The number of benzene rings is 1. The Morgan fingerprint density at radius 3 is 2.50 bits per heavy atom. The van der Waals surface area contributed by atoms with Crippen molar-refractivity contribution in [2.75, 3.05) is 0 Å². The van der Waals surface area contributed by atoms with Gasteiger partial charge >= 0.3 is 0 Å². The van der Waals surface area contributed by atoms with Crippen LogP contribution in [0.2, 0.25) is 0 Å². The largest absolute Gasteiger partial charge is 0.507 e. The van der Waals surface area contributed by atoms with Crippen molar-refractivity contribution in [3.05, 3.63) is 42.2 Å². The van der Waals surface area contributed by atoms with E-state index in [2.05, 4.69) is 25.7 Å². The Morgan fingerprint density at radius 1 is 1.04 bits per heavy atom. The Bertz CT molecular complexity index is 973. The first-order chi connectivity index (χ1) is 13.7. The van der Waals surface area contributed by atoms with E-state index < -0.39 is 0 Å². The zero-order chi connectivity index (χ0) is 19.1. The number of aromatic hydroxyl groups is 1. The number of fused-ring (bicyclic) bond motifs is 2. The van der Waals surface area contributed by atoms with Gasteiger partial charge in [0, 0.05) is 35.5 Å². The number of hydrogen-bond donors (Lipinski definition) is 3. The van der Waals surface area contributed by atoms with Crippen LogP contribution in [0.15, 0.2) is 36.5 Å². The molecule has 1 unspecified atom stereocenters. The number of nitrogens with zero attached hydrogens (tertiary/aromatic N) is 3. The summed E-state index contributed by atoms with van der Waals surface area (Å²) in [6.07, 6.45) is 6.55. The molecule has 144 valence electrons. The van der Waals surface area contributed by atoms with Crippen molar-refractivity contribution in [3.8, 4) is 34.0 Å². The van der Waals surface area contributed by atoms with Gasteiger partial charge in [0.1, 0.15) is 11.9 Å². The molecular weight excluding hydrogens is 354 g/mol. The van der Waals surface area contributed by atoms with E-state index in [4.69, 9.17) is 4.74 Å². The molecule has 28 heavy (non-hydrogen) atoms. The van der Waals surface area contributed by atoms with E-state index in [-0.39, 0.29) is 11.9 Å². The lowest BCUT2D eigenvalue weighted by Crippen LogP contribution is -2.42. The molecule has 0 saturated carbocycles. The highest BCUT2D eigenvalue weighted by Crippen LogP contribution is 2.34. The van der Waals surface area contributed by atoms with Crippen LogP contribution >= 0.6 is 0 Å². The number of phenols is 1. The molecule has 5 rings (SSSR count). The van der Waals surface area contributed by atoms with E-state index >= 15 is 0 Å². The van der Waals surface area contributed by atoms with Gasteiger partial charge in [0.25, 0.3) is 0 Å². The fourth-order valence-corrected chi connectivity index (χ4v) is 4.36. The molecule has 2 bridgehead atoms. The lowest BCUT2D eigenvalue weighted by Gasteiger charge is -2.28. The molecule has 7 heteroatoms. The summed E-state index contributed by atoms with van der Waals surface area (Å²) in [6.45, 7) is 1.93. The van der Waals surface area contributed by atoms with Crippen molar-refractivity contribution in [3.63, 3.8) is 0 Å². The minimum absolute atomic E-state index is 0.163. The molecule has 2 aliphatic rings. The van der Waals surface area contributed by atoms with E-state index in [1.807, 2.05) is 37.4 Å². The molecule has 3 N–H and O–H groups in total. The summed E-state index contributed by atoms with van der Waals surface area (Å²) in [5.74, 6) is 0.705. The lowest BCUT2D eigenvalue weighted by atomic mass is 10.0. The number of aromatic amines is 1. The zero-order valence-electron chi connectivity index (χ0n) is 15.7. The predicted molar refractivity (Wildman–Crippen MR) is 105 cm³/mol. The van der Waals surface area contributed by atoms with Gasteiger partial charge in [-0.05, 0) is 56.4 Å². The average molecular weight is 377 g/mol. The molecule has 1 aromatic carbocycles. The Hall–Kier alpha value is -2.93. The summed E-state index contributed by atoms with van der Waals surface area (Å²) < 4.78 is 6.05. The zero-order valence-corrected chi connectivity index (χ0v) is 15.7. The highest BCUT2D eigenvalue weighted by Gasteiger charge is 2.34. The molecule has 3 aromatic rings. The van der Waals surface area contributed by atoms with Crippen LogP contribution in [0.25, 0.3) is 22.4 Å². The maximum absolute atomic E-state index is 10.5. The molecule has 4 heterocycles. The van der Waals surface area contributed by atoms with Crippen molar-refractivity contribution in [2.24, 2.45) is 0 Å². The van der Waals surface area contributed by atoms with Gasteiger partial charge in [-0.15, -0.1) is 10.2 Å². The first-order valence-corrected chi connectivity index (χ1v) is 9.76. The predicted octanol–water partition coefficient (Wildman–Crippen LogP) is 3.21. The first-order valence-electron chi connectivity index (χ1n) is 9.76. The number of phenolic OH excluding ortho intramolecular Hbond substituents is 1. The fourth-order valence-electron chi connectivity index (χ4n) is 4.36. The second-order valence-corrected chi connectivity index (χ2v) is 7.72. The van der Waals surface area contributed by atoms with E-state index in [1.54, 1.807) is 6.07 Å². The van der Waals surface area contributed by atoms with Crippen LogP contribution in [-0.4, -0.2) is 43.7 Å². The van der Waals surface area contributed by atoms with Gasteiger partial charge in [0.05, 0.1) is 11.4 Å². The number of hydrogen-bond acceptors (Lipinski definition) is 6. The molecular formula is C21H23N5O2.